The molecule has 110 valence electrons. The fraction of sp³-hybridized carbons (Fsp3) is 0.533. The highest BCUT2D eigenvalue weighted by molar-refractivity contribution is 6.00. The van der Waals surface area contributed by atoms with Gasteiger partial charge < -0.3 is 20.3 Å². The fourth-order valence-corrected chi connectivity index (χ4v) is 2.63. The highest BCUT2D eigenvalue weighted by atomic mass is 16.5. The van der Waals surface area contributed by atoms with Gasteiger partial charge in [0.1, 0.15) is 0 Å². The first-order chi connectivity index (χ1) is 9.38. The largest absolute Gasteiger partial charge is 0.399 e. The van der Waals surface area contributed by atoms with Crippen LogP contribution in [0.25, 0.3) is 0 Å². The van der Waals surface area contributed by atoms with Crippen molar-refractivity contribution in [3.8, 4) is 0 Å². The van der Waals surface area contributed by atoms with Crippen molar-refractivity contribution in [1.29, 1.82) is 0 Å². The number of carbonyl (C=O) groups is 1. The van der Waals surface area contributed by atoms with E-state index >= 15 is 0 Å². The zero-order valence-corrected chi connectivity index (χ0v) is 12.6. The number of ether oxygens (including phenoxy) is 1. The lowest BCUT2D eigenvalue weighted by Crippen LogP contribution is -2.48. The third kappa shape index (κ3) is 3.04. The Bertz CT molecular complexity index is 492. The smallest absolute Gasteiger partial charge is 0.256 e. The molecule has 1 saturated heterocycles. The zero-order valence-electron chi connectivity index (χ0n) is 12.6. The number of nitrogens with two attached hydrogens (primary N) is 1. The van der Waals surface area contributed by atoms with E-state index in [9.17, 15) is 4.79 Å². The summed E-state index contributed by atoms with van der Waals surface area (Å²) in [6, 6.07) is 5.45. The van der Waals surface area contributed by atoms with Gasteiger partial charge in [0.2, 0.25) is 0 Å². The van der Waals surface area contributed by atoms with E-state index < -0.39 is 0 Å². The van der Waals surface area contributed by atoms with Crippen LogP contribution >= 0.6 is 0 Å². The lowest BCUT2D eigenvalue weighted by atomic mass is 10.1. The summed E-state index contributed by atoms with van der Waals surface area (Å²) >= 11 is 0. The summed E-state index contributed by atoms with van der Waals surface area (Å²) in [4.78, 5) is 16.5. The molecule has 5 nitrogen and oxygen atoms in total. The number of rotatable bonds is 2. The maximum absolute atomic E-state index is 12.8. The van der Waals surface area contributed by atoms with Crippen LogP contribution in [-0.4, -0.2) is 50.2 Å². The van der Waals surface area contributed by atoms with Crippen molar-refractivity contribution in [2.75, 3.05) is 37.8 Å². The van der Waals surface area contributed by atoms with Gasteiger partial charge in [-0.15, -0.1) is 0 Å². The van der Waals surface area contributed by atoms with Gasteiger partial charge in [-0.2, -0.15) is 0 Å². The van der Waals surface area contributed by atoms with Crippen LogP contribution in [0, 0.1) is 0 Å². The standard InChI is InChI=1S/C15H23N3O2/c1-10-8-18(9-11(2)20-10)15(19)13-7-12(16)5-6-14(13)17(3)4/h5-7,10-11H,8-9,16H2,1-4H3/t10-,11+. The molecule has 1 fully saturated rings. The number of carbonyl (C=O) groups excluding carboxylic acids is 1. The van der Waals surface area contributed by atoms with Gasteiger partial charge >= 0.3 is 0 Å². The second-order valence-corrected chi connectivity index (χ2v) is 5.64. The van der Waals surface area contributed by atoms with E-state index in [4.69, 9.17) is 10.5 Å². The van der Waals surface area contributed by atoms with E-state index in [1.165, 1.54) is 0 Å². The number of morpholine rings is 1. The molecule has 2 atom stereocenters. The number of hydrogen-bond acceptors (Lipinski definition) is 4. The molecule has 0 unspecified atom stereocenters. The number of nitrogens with zero attached hydrogens (tertiary/aromatic N) is 2. The summed E-state index contributed by atoms with van der Waals surface area (Å²) in [7, 11) is 3.85. The van der Waals surface area contributed by atoms with Crippen molar-refractivity contribution in [3.05, 3.63) is 23.8 Å². The summed E-state index contributed by atoms with van der Waals surface area (Å²) in [5, 5.41) is 0. The second kappa shape index (κ2) is 5.71. The first kappa shape index (κ1) is 14.7. The Morgan fingerprint density at radius 1 is 1.30 bits per heavy atom. The number of amides is 1. The minimum absolute atomic E-state index is 0.0167. The topological polar surface area (TPSA) is 58.8 Å². The van der Waals surface area contributed by atoms with Crippen LogP contribution in [0.4, 0.5) is 11.4 Å². The van der Waals surface area contributed by atoms with E-state index in [-0.39, 0.29) is 18.1 Å². The van der Waals surface area contributed by atoms with Crippen LogP contribution in [0.2, 0.25) is 0 Å². The van der Waals surface area contributed by atoms with Gasteiger partial charge in [-0.05, 0) is 32.0 Å². The monoisotopic (exact) mass is 277 g/mol. The number of nitrogen functional groups attached to an aromatic ring is 1. The predicted molar refractivity (Wildman–Crippen MR) is 81.1 cm³/mol. The van der Waals surface area contributed by atoms with E-state index in [2.05, 4.69) is 0 Å². The fourth-order valence-electron chi connectivity index (χ4n) is 2.63. The summed E-state index contributed by atoms with van der Waals surface area (Å²) in [5.41, 5.74) is 7.98. The molecule has 0 spiro atoms. The van der Waals surface area contributed by atoms with Gasteiger partial charge in [0.05, 0.1) is 17.8 Å². The molecule has 0 aromatic heterocycles. The van der Waals surface area contributed by atoms with E-state index in [0.29, 0.717) is 24.3 Å². The Morgan fingerprint density at radius 2 is 1.90 bits per heavy atom. The molecule has 1 aromatic carbocycles. The van der Waals surface area contributed by atoms with Crippen LogP contribution in [-0.2, 0) is 4.74 Å². The van der Waals surface area contributed by atoms with Crippen molar-refractivity contribution in [1.82, 2.24) is 4.90 Å². The Morgan fingerprint density at radius 3 is 2.45 bits per heavy atom. The lowest BCUT2D eigenvalue weighted by molar-refractivity contribution is -0.0585. The minimum atomic E-state index is 0.0167. The van der Waals surface area contributed by atoms with Crippen LogP contribution in [0.3, 0.4) is 0 Å². The minimum Gasteiger partial charge on any atom is -0.399 e. The van der Waals surface area contributed by atoms with Gasteiger partial charge in [-0.25, -0.2) is 0 Å². The van der Waals surface area contributed by atoms with Gasteiger partial charge in [-0.3, -0.25) is 4.79 Å². The molecule has 0 aliphatic carbocycles. The molecule has 2 N–H and O–H groups in total. The molecule has 1 amide bonds. The van der Waals surface area contributed by atoms with Crippen LogP contribution in [0.1, 0.15) is 24.2 Å². The maximum atomic E-state index is 12.8. The Kier molecular flexibility index (Phi) is 4.18. The number of hydrogen-bond donors (Lipinski definition) is 1. The quantitative estimate of drug-likeness (QED) is 0.834. The lowest BCUT2D eigenvalue weighted by Gasteiger charge is -2.36. The Labute approximate surface area is 120 Å². The molecule has 5 heteroatoms. The summed E-state index contributed by atoms with van der Waals surface area (Å²) in [6.07, 6.45) is 0.123. The summed E-state index contributed by atoms with van der Waals surface area (Å²) in [5.74, 6) is 0.0167. The van der Waals surface area contributed by atoms with Crippen molar-refractivity contribution >= 4 is 17.3 Å². The van der Waals surface area contributed by atoms with Crippen LogP contribution in [0.5, 0.6) is 0 Å². The van der Waals surface area contributed by atoms with Crippen LogP contribution < -0.4 is 10.6 Å². The molecular formula is C15H23N3O2. The highest BCUT2D eigenvalue weighted by Crippen LogP contribution is 2.24. The van der Waals surface area contributed by atoms with Crippen molar-refractivity contribution in [3.63, 3.8) is 0 Å². The number of benzene rings is 1. The number of anilines is 2. The van der Waals surface area contributed by atoms with Gasteiger partial charge in [0.25, 0.3) is 5.91 Å². The van der Waals surface area contributed by atoms with Crippen molar-refractivity contribution in [2.24, 2.45) is 0 Å². The molecule has 1 heterocycles. The van der Waals surface area contributed by atoms with Crippen molar-refractivity contribution in [2.45, 2.75) is 26.1 Å². The normalized spacial score (nSPS) is 22.7. The van der Waals surface area contributed by atoms with E-state index in [1.54, 1.807) is 6.07 Å². The second-order valence-electron chi connectivity index (χ2n) is 5.64. The third-order valence-corrected chi connectivity index (χ3v) is 3.44. The molecule has 1 aliphatic heterocycles. The Balaban J connectivity index is 2.30. The first-order valence-electron chi connectivity index (χ1n) is 6.90. The molecule has 1 aliphatic rings. The van der Waals surface area contributed by atoms with E-state index in [1.807, 2.05) is 49.9 Å². The highest BCUT2D eigenvalue weighted by Gasteiger charge is 2.28. The van der Waals surface area contributed by atoms with Crippen LogP contribution in [0.15, 0.2) is 18.2 Å². The molecule has 2 rings (SSSR count). The predicted octanol–water partition coefficient (Wildman–Crippen LogP) is 1.58. The van der Waals surface area contributed by atoms with E-state index in [0.717, 1.165) is 5.69 Å². The molecule has 20 heavy (non-hydrogen) atoms. The molecule has 0 saturated carbocycles. The SMILES string of the molecule is C[C@@H]1CN(C(=O)c2cc(N)ccc2N(C)C)C[C@H](C)O1. The summed E-state index contributed by atoms with van der Waals surface area (Å²) in [6.45, 7) is 5.21. The van der Waals surface area contributed by atoms with Gasteiger partial charge in [0.15, 0.2) is 0 Å². The van der Waals surface area contributed by atoms with Gasteiger partial charge in [-0.1, -0.05) is 0 Å². The zero-order chi connectivity index (χ0) is 14.9. The average Bonchev–Trinajstić information content (AvgIpc) is 2.36. The summed E-state index contributed by atoms with van der Waals surface area (Å²) < 4.78 is 5.67. The molecular weight excluding hydrogens is 254 g/mol. The molecule has 0 bridgehead atoms. The van der Waals surface area contributed by atoms with Gasteiger partial charge in [0, 0.05) is 38.6 Å². The average molecular weight is 277 g/mol. The molecule has 1 aromatic rings. The Hall–Kier alpha value is -1.75. The first-order valence-corrected chi connectivity index (χ1v) is 6.90. The third-order valence-electron chi connectivity index (χ3n) is 3.44. The van der Waals surface area contributed by atoms with Crippen molar-refractivity contribution < 1.29 is 9.53 Å². The molecule has 0 radical (unpaired) electrons. The maximum Gasteiger partial charge on any atom is 0.256 e.